The third kappa shape index (κ3) is 4.95. The molecular formula is C18H15ClFN3O4. The summed E-state index contributed by atoms with van der Waals surface area (Å²) in [5.74, 6) is -0.982. The summed E-state index contributed by atoms with van der Waals surface area (Å²) >= 11 is 6.15. The Morgan fingerprint density at radius 2 is 2.04 bits per heavy atom. The van der Waals surface area contributed by atoms with Crippen LogP contribution in [0.1, 0.15) is 12.0 Å². The number of urea groups is 1. The number of ether oxygens (including phenoxy) is 1. The highest BCUT2D eigenvalue weighted by Gasteiger charge is 2.31. The highest BCUT2D eigenvalue weighted by atomic mass is 35.5. The van der Waals surface area contributed by atoms with Crippen LogP contribution in [-0.4, -0.2) is 23.9 Å². The zero-order valence-electron chi connectivity index (χ0n) is 13.9. The van der Waals surface area contributed by atoms with Crippen LogP contribution in [0.4, 0.5) is 14.9 Å². The van der Waals surface area contributed by atoms with E-state index in [0.29, 0.717) is 17.0 Å². The van der Waals surface area contributed by atoms with Gasteiger partial charge < -0.3 is 15.4 Å². The van der Waals surface area contributed by atoms with Crippen LogP contribution in [0.5, 0.6) is 5.75 Å². The molecule has 0 unspecified atom stereocenters. The van der Waals surface area contributed by atoms with Gasteiger partial charge in [0.1, 0.15) is 24.2 Å². The molecule has 27 heavy (non-hydrogen) atoms. The predicted octanol–water partition coefficient (Wildman–Crippen LogP) is 2.59. The molecule has 7 nitrogen and oxygen atoms in total. The van der Waals surface area contributed by atoms with Crippen LogP contribution in [-0.2, 0) is 16.2 Å². The molecule has 0 saturated carbocycles. The fourth-order valence-corrected chi connectivity index (χ4v) is 2.72. The van der Waals surface area contributed by atoms with Crippen LogP contribution in [0.3, 0.4) is 0 Å². The van der Waals surface area contributed by atoms with Crippen molar-refractivity contribution in [1.29, 1.82) is 0 Å². The molecule has 1 aliphatic heterocycles. The molecule has 0 bridgehead atoms. The van der Waals surface area contributed by atoms with Crippen molar-refractivity contribution in [3.05, 3.63) is 58.9 Å². The molecule has 2 aromatic carbocycles. The predicted molar refractivity (Wildman–Crippen MR) is 95.9 cm³/mol. The highest BCUT2D eigenvalue weighted by Crippen LogP contribution is 2.28. The summed E-state index contributed by atoms with van der Waals surface area (Å²) in [6.07, 6.45) is -0.201. The Morgan fingerprint density at radius 1 is 1.22 bits per heavy atom. The summed E-state index contributed by atoms with van der Waals surface area (Å²) in [7, 11) is 0. The van der Waals surface area contributed by atoms with E-state index in [1.165, 1.54) is 18.2 Å². The number of imide groups is 1. The minimum Gasteiger partial charge on any atom is -0.487 e. The van der Waals surface area contributed by atoms with Gasteiger partial charge in [-0.3, -0.25) is 14.9 Å². The van der Waals surface area contributed by atoms with Gasteiger partial charge in [0, 0.05) is 5.69 Å². The van der Waals surface area contributed by atoms with E-state index in [1.807, 2.05) is 0 Å². The van der Waals surface area contributed by atoms with E-state index in [2.05, 4.69) is 16.0 Å². The number of benzene rings is 2. The Morgan fingerprint density at radius 3 is 2.70 bits per heavy atom. The van der Waals surface area contributed by atoms with Crippen molar-refractivity contribution in [3.8, 4) is 5.75 Å². The van der Waals surface area contributed by atoms with E-state index in [4.69, 9.17) is 16.3 Å². The number of hydrogen-bond donors (Lipinski definition) is 3. The molecule has 140 valence electrons. The molecule has 1 saturated heterocycles. The largest absolute Gasteiger partial charge is 0.487 e. The highest BCUT2D eigenvalue weighted by molar-refractivity contribution is 6.32. The zero-order chi connectivity index (χ0) is 19.4. The van der Waals surface area contributed by atoms with E-state index in [9.17, 15) is 18.8 Å². The number of halogens is 2. The van der Waals surface area contributed by atoms with Gasteiger partial charge in [0.25, 0.3) is 5.91 Å². The smallest absolute Gasteiger partial charge is 0.322 e. The Balaban J connectivity index is 1.56. The first-order valence-corrected chi connectivity index (χ1v) is 8.36. The van der Waals surface area contributed by atoms with Crippen LogP contribution in [0.25, 0.3) is 0 Å². The van der Waals surface area contributed by atoms with Crippen LogP contribution < -0.4 is 20.7 Å². The lowest BCUT2D eigenvalue weighted by atomic mass is 10.2. The summed E-state index contributed by atoms with van der Waals surface area (Å²) in [5.41, 5.74) is 1.06. The number of amides is 4. The molecule has 3 N–H and O–H groups in total. The van der Waals surface area contributed by atoms with E-state index in [1.54, 1.807) is 24.3 Å². The molecule has 9 heteroatoms. The van der Waals surface area contributed by atoms with E-state index >= 15 is 0 Å². The molecule has 2 aromatic rings. The minimum absolute atomic E-state index is 0.139. The second kappa shape index (κ2) is 8.05. The number of carbonyl (C=O) groups excluding carboxylic acids is 3. The first-order chi connectivity index (χ1) is 12.9. The molecule has 0 radical (unpaired) electrons. The van der Waals surface area contributed by atoms with Gasteiger partial charge in [-0.15, -0.1) is 0 Å². The first-order valence-electron chi connectivity index (χ1n) is 7.99. The molecule has 1 atom stereocenters. The third-order valence-electron chi connectivity index (χ3n) is 3.75. The van der Waals surface area contributed by atoms with Crippen molar-refractivity contribution >= 4 is 35.1 Å². The van der Waals surface area contributed by atoms with Gasteiger partial charge >= 0.3 is 6.03 Å². The summed E-state index contributed by atoms with van der Waals surface area (Å²) in [5, 5.41) is 7.25. The van der Waals surface area contributed by atoms with Crippen molar-refractivity contribution in [2.75, 3.05) is 5.32 Å². The molecule has 4 amide bonds. The van der Waals surface area contributed by atoms with Crippen molar-refractivity contribution in [2.45, 2.75) is 19.1 Å². The summed E-state index contributed by atoms with van der Waals surface area (Å²) in [4.78, 5) is 34.5. The standard InChI is InChI=1S/C18H15ClFN3O4/c19-13-7-12(21-16(24)8-14-17(25)23-18(26)22-14)4-5-15(13)27-9-10-2-1-3-11(20)6-10/h1-7,14H,8-9H2,(H,21,24)(H2,22,23,25,26)/t14-/m0/s1. The number of rotatable bonds is 6. The molecule has 3 rings (SSSR count). The van der Waals surface area contributed by atoms with E-state index < -0.39 is 23.9 Å². The molecule has 1 heterocycles. The lowest BCUT2D eigenvalue weighted by Gasteiger charge is -2.11. The lowest BCUT2D eigenvalue weighted by molar-refractivity contribution is -0.124. The molecule has 0 aliphatic carbocycles. The van der Waals surface area contributed by atoms with Gasteiger partial charge in [-0.2, -0.15) is 0 Å². The molecule has 1 aliphatic rings. The lowest BCUT2D eigenvalue weighted by Crippen LogP contribution is -2.33. The van der Waals surface area contributed by atoms with Crippen LogP contribution >= 0.6 is 11.6 Å². The molecule has 0 aromatic heterocycles. The number of anilines is 1. The van der Waals surface area contributed by atoms with Crippen molar-refractivity contribution < 1.29 is 23.5 Å². The monoisotopic (exact) mass is 391 g/mol. The fraction of sp³-hybridized carbons (Fsp3) is 0.167. The molecular weight excluding hydrogens is 377 g/mol. The fourth-order valence-electron chi connectivity index (χ4n) is 2.48. The molecule has 0 spiro atoms. The first kappa shape index (κ1) is 18.7. The number of hydrogen-bond acceptors (Lipinski definition) is 4. The van der Waals surface area contributed by atoms with Gasteiger partial charge in [0.2, 0.25) is 5.91 Å². The van der Waals surface area contributed by atoms with Crippen LogP contribution in [0.2, 0.25) is 5.02 Å². The second-order valence-corrected chi connectivity index (χ2v) is 6.24. The van der Waals surface area contributed by atoms with Crippen LogP contribution in [0, 0.1) is 5.82 Å². The summed E-state index contributed by atoms with van der Waals surface area (Å²) < 4.78 is 18.7. The average Bonchev–Trinajstić information content (AvgIpc) is 2.91. The topological polar surface area (TPSA) is 96.5 Å². The number of carbonyl (C=O) groups is 3. The maximum absolute atomic E-state index is 13.2. The minimum atomic E-state index is -0.901. The van der Waals surface area contributed by atoms with Crippen molar-refractivity contribution in [1.82, 2.24) is 10.6 Å². The Hall–Kier alpha value is -3.13. The van der Waals surface area contributed by atoms with Crippen molar-refractivity contribution in [2.24, 2.45) is 0 Å². The quantitative estimate of drug-likeness (QED) is 0.659. The Labute approximate surface area is 158 Å². The summed E-state index contributed by atoms with van der Waals surface area (Å²) in [6.45, 7) is 0.139. The zero-order valence-corrected chi connectivity index (χ0v) is 14.7. The van der Waals surface area contributed by atoms with E-state index in [0.717, 1.165) is 0 Å². The maximum atomic E-state index is 13.2. The van der Waals surface area contributed by atoms with Gasteiger partial charge in [0.15, 0.2) is 0 Å². The van der Waals surface area contributed by atoms with E-state index in [-0.39, 0.29) is 23.9 Å². The SMILES string of the molecule is O=C(C[C@@H]1NC(=O)NC1=O)Nc1ccc(OCc2cccc(F)c2)c(Cl)c1. The second-order valence-electron chi connectivity index (χ2n) is 5.83. The Kier molecular flexibility index (Phi) is 5.56. The third-order valence-corrected chi connectivity index (χ3v) is 4.04. The van der Waals surface area contributed by atoms with Gasteiger partial charge in [-0.1, -0.05) is 23.7 Å². The Bertz CT molecular complexity index is 906. The van der Waals surface area contributed by atoms with Gasteiger partial charge in [-0.05, 0) is 35.9 Å². The van der Waals surface area contributed by atoms with Gasteiger partial charge in [-0.25, -0.2) is 9.18 Å². The maximum Gasteiger partial charge on any atom is 0.322 e. The average molecular weight is 392 g/mol. The van der Waals surface area contributed by atoms with Crippen molar-refractivity contribution in [3.63, 3.8) is 0 Å². The number of nitrogens with one attached hydrogen (secondary N) is 3. The molecule has 1 fully saturated rings. The summed E-state index contributed by atoms with van der Waals surface area (Å²) in [6, 6.07) is 9.13. The van der Waals surface area contributed by atoms with Gasteiger partial charge in [0.05, 0.1) is 11.4 Å². The van der Waals surface area contributed by atoms with Crippen LogP contribution in [0.15, 0.2) is 42.5 Å². The normalized spacial score (nSPS) is 15.9.